The fraction of sp³-hybridized carbons (Fsp3) is 0.385. The fourth-order valence-electron chi connectivity index (χ4n) is 2.73. The van der Waals surface area contributed by atoms with Crippen LogP contribution in [0.4, 0.5) is 0 Å². The second-order valence-electron chi connectivity index (χ2n) is 5.10. The first kappa shape index (κ1) is 11.7. The molecule has 0 atom stereocenters. The first-order valence-electron chi connectivity index (χ1n) is 5.89. The monoisotopic (exact) mass is 308 g/mol. The number of primary amides is 1. The fourth-order valence-corrected chi connectivity index (χ4v) is 3.09. The van der Waals surface area contributed by atoms with Gasteiger partial charge in [-0.3, -0.25) is 9.59 Å². The number of halogens is 1. The van der Waals surface area contributed by atoms with Gasteiger partial charge in [0.25, 0.3) is 5.91 Å². The molecule has 0 radical (unpaired) electrons. The molecule has 2 N–H and O–H groups in total. The van der Waals surface area contributed by atoms with Crippen molar-refractivity contribution < 1.29 is 9.59 Å². The highest BCUT2D eigenvalue weighted by molar-refractivity contribution is 9.10. The van der Waals surface area contributed by atoms with Gasteiger partial charge < -0.3 is 10.6 Å². The predicted molar refractivity (Wildman–Crippen MR) is 70.2 cm³/mol. The number of rotatable bonds is 2. The molecule has 0 bridgehead atoms. The molecule has 2 amide bonds. The Labute approximate surface area is 113 Å². The molecule has 3 rings (SSSR count). The summed E-state index contributed by atoms with van der Waals surface area (Å²) in [5, 5.41) is 0. The third-order valence-electron chi connectivity index (χ3n) is 3.76. The third kappa shape index (κ3) is 1.73. The predicted octanol–water partition coefficient (Wildman–Crippen LogP) is 1.42. The van der Waals surface area contributed by atoms with Crippen molar-refractivity contribution in [1.82, 2.24) is 4.90 Å². The summed E-state index contributed by atoms with van der Waals surface area (Å²) in [7, 11) is 0. The molecule has 0 unspecified atom stereocenters. The Morgan fingerprint density at radius 3 is 2.78 bits per heavy atom. The van der Waals surface area contributed by atoms with Crippen molar-refractivity contribution in [2.45, 2.75) is 18.3 Å². The lowest BCUT2D eigenvalue weighted by molar-refractivity contribution is -0.118. The molecule has 0 saturated heterocycles. The van der Waals surface area contributed by atoms with Crippen LogP contribution in [0.3, 0.4) is 0 Å². The van der Waals surface area contributed by atoms with Gasteiger partial charge in [0.1, 0.15) is 0 Å². The third-order valence-corrected chi connectivity index (χ3v) is 4.26. The van der Waals surface area contributed by atoms with Crippen molar-refractivity contribution in [3.63, 3.8) is 0 Å². The van der Waals surface area contributed by atoms with E-state index in [9.17, 15) is 9.59 Å². The van der Waals surface area contributed by atoms with Gasteiger partial charge in [0, 0.05) is 22.0 Å². The number of hydrogen-bond donors (Lipinski definition) is 1. The van der Waals surface area contributed by atoms with Crippen LogP contribution >= 0.6 is 15.9 Å². The Kier molecular flexibility index (Phi) is 2.48. The highest BCUT2D eigenvalue weighted by Crippen LogP contribution is 2.52. The number of carbonyl (C=O) groups excluding carboxylic acids is 2. The van der Waals surface area contributed by atoms with Crippen LogP contribution in [0.2, 0.25) is 0 Å². The molecule has 1 aliphatic heterocycles. The van der Waals surface area contributed by atoms with Gasteiger partial charge in [-0.2, -0.15) is 0 Å². The van der Waals surface area contributed by atoms with Gasteiger partial charge in [0.2, 0.25) is 5.91 Å². The van der Waals surface area contributed by atoms with Gasteiger partial charge in [-0.05, 0) is 36.6 Å². The summed E-state index contributed by atoms with van der Waals surface area (Å²) in [5.74, 6) is -0.548. The lowest BCUT2D eigenvalue weighted by Gasteiger charge is -2.34. The Balaban J connectivity index is 2.04. The van der Waals surface area contributed by atoms with Gasteiger partial charge in [-0.1, -0.05) is 15.9 Å². The number of fused-ring (bicyclic) bond motifs is 2. The van der Waals surface area contributed by atoms with Crippen molar-refractivity contribution in [3.05, 3.63) is 33.8 Å². The van der Waals surface area contributed by atoms with Gasteiger partial charge in [0.05, 0.1) is 6.54 Å². The smallest absolute Gasteiger partial charge is 0.254 e. The first-order valence-corrected chi connectivity index (χ1v) is 6.69. The number of amides is 2. The number of hydrogen-bond acceptors (Lipinski definition) is 2. The van der Waals surface area contributed by atoms with E-state index >= 15 is 0 Å². The zero-order chi connectivity index (χ0) is 12.9. The zero-order valence-corrected chi connectivity index (χ0v) is 11.4. The number of nitrogens with two attached hydrogens (primary N) is 1. The molecule has 1 aliphatic carbocycles. The summed E-state index contributed by atoms with van der Waals surface area (Å²) in [4.78, 5) is 24.9. The van der Waals surface area contributed by atoms with Crippen LogP contribution in [0.15, 0.2) is 22.7 Å². The van der Waals surface area contributed by atoms with E-state index in [0.717, 1.165) is 22.9 Å². The quantitative estimate of drug-likeness (QED) is 0.898. The van der Waals surface area contributed by atoms with Crippen molar-refractivity contribution >= 4 is 27.7 Å². The molecule has 94 valence electrons. The molecule has 1 fully saturated rings. The van der Waals surface area contributed by atoms with E-state index in [0.29, 0.717) is 12.1 Å². The summed E-state index contributed by atoms with van der Waals surface area (Å²) < 4.78 is 0.990. The molecule has 1 heterocycles. The van der Waals surface area contributed by atoms with Crippen molar-refractivity contribution in [3.8, 4) is 0 Å². The summed E-state index contributed by atoms with van der Waals surface area (Å²) in [5.41, 5.74) is 7.08. The highest BCUT2D eigenvalue weighted by atomic mass is 79.9. The second kappa shape index (κ2) is 3.82. The molecule has 1 saturated carbocycles. The Morgan fingerprint density at radius 2 is 2.17 bits per heavy atom. The Bertz CT molecular complexity index is 552. The number of carbonyl (C=O) groups is 2. The topological polar surface area (TPSA) is 63.4 Å². The van der Waals surface area contributed by atoms with Crippen molar-refractivity contribution in [2.75, 3.05) is 13.1 Å². The molecule has 1 aromatic rings. The molecule has 1 aromatic carbocycles. The molecule has 1 spiro atoms. The van der Waals surface area contributed by atoms with E-state index in [1.165, 1.54) is 0 Å². The molecule has 4 nitrogen and oxygen atoms in total. The van der Waals surface area contributed by atoms with E-state index in [1.54, 1.807) is 4.90 Å². The van der Waals surface area contributed by atoms with Crippen LogP contribution in [0.5, 0.6) is 0 Å². The van der Waals surface area contributed by atoms with E-state index in [1.807, 2.05) is 18.2 Å². The van der Waals surface area contributed by atoms with Gasteiger partial charge in [-0.15, -0.1) is 0 Å². The first-order chi connectivity index (χ1) is 8.52. The second-order valence-corrected chi connectivity index (χ2v) is 6.01. The molecular weight excluding hydrogens is 296 g/mol. The Hall–Kier alpha value is -1.36. The minimum Gasteiger partial charge on any atom is -0.368 e. The number of nitrogens with zero attached hydrogens (tertiary/aromatic N) is 1. The average molecular weight is 309 g/mol. The van der Waals surface area contributed by atoms with E-state index < -0.39 is 5.91 Å². The average Bonchev–Trinajstić information content (AvgIpc) is 3.06. The van der Waals surface area contributed by atoms with Gasteiger partial charge >= 0.3 is 0 Å². The lowest BCUT2D eigenvalue weighted by atomic mass is 9.86. The molecule has 0 aromatic heterocycles. The molecule has 5 heteroatoms. The number of benzene rings is 1. The van der Waals surface area contributed by atoms with Crippen LogP contribution in [-0.2, 0) is 10.2 Å². The lowest BCUT2D eigenvalue weighted by Crippen LogP contribution is -2.47. The van der Waals surface area contributed by atoms with Crippen LogP contribution in [0.1, 0.15) is 28.8 Å². The van der Waals surface area contributed by atoms with Crippen molar-refractivity contribution in [2.24, 2.45) is 5.73 Å². The highest BCUT2D eigenvalue weighted by Gasteiger charge is 2.51. The zero-order valence-electron chi connectivity index (χ0n) is 9.78. The summed E-state index contributed by atoms with van der Waals surface area (Å²) in [6.45, 7) is 0.619. The van der Waals surface area contributed by atoms with Crippen LogP contribution < -0.4 is 5.73 Å². The maximum absolute atomic E-state index is 12.3. The maximum atomic E-state index is 12.3. The van der Waals surface area contributed by atoms with E-state index in [2.05, 4.69) is 15.9 Å². The molecular formula is C13H13BrN2O2. The minimum atomic E-state index is -0.459. The van der Waals surface area contributed by atoms with Crippen LogP contribution in [0, 0.1) is 0 Å². The van der Waals surface area contributed by atoms with E-state index in [4.69, 9.17) is 5.73 Å². The summed E-state index contributed by atoms with van der Waals surface area (Å²) in [6.07, 6.45) is 2.14. The largest absolute Gasteiger partial charge is 0.368 e. The molecule has 18 heavy (non-hydrogen) atoms. The normalized spacial score (nSPS) is 19.8. The van der Waals surface area contributed by atoms with Gasteiger partial charge in [-0.25, -0.2) is 0 Å². The Morgan fingerprint density at radius 1 is 1.44 bits per heavy atom. The summed E-state index contributed by atoms with van der Waals surface area (Å²) >= 11 is 3.45. The summed E-state index contributed by atoms with van der Waals surface area (Å²) in [6, 6.07) is 5.72. The van der Waals surface area contributed by atoms with Gasteiger partial charge in [0.15, 0.2) is 0 Å². The minimum absolute atomic E-state index is 0.0100. The van der Waals surface area contributed by atoms with E-state index in [-0.39, 0.29) is 17.9 Å². The maximum Gasteiger partial charge on any atom is 0.254 e. The SMILES string of the molecule is NC(=O)CN1CC2(CC2)c2cc(Br)ccc2C1=O. The van der Waals surface area contributed by atoms with Crippen LogP contribution in [0.25, 0.3) is 0 Å². The standard InChI is InChI=1S/C13H13BrN2O2/c14-8-1-2-9-10(5-8)13(3-4-13)7-16(12(9)18)6-11(15)17/h1-2,5H,3-4,6-7H2,(H2,15,17). The van der Waals surface area contributed by atoms with Crippen LogP contribution in [-0.4, -0.2) is 29.8 Å². The molecule has 2 aliphatic rings. The van der Waals surface area contributed by atoms with Crippen molar-refractivity contribution in [1.29, 1.82) is 0 Å².